The van der Waals surface area contributed by atoms with Crippen LogP contribution in [0.2, 0.25) is 0 Å². The summed E-state index contributed by atoms with van der Waals surface area (Å²) in [5.41, 5.74) is 0.635. The zero-order valence-electron chi connectivity index (χ0n) is 14.3. The van der Waals surface area contributed by atoms with E-state index in [1.165, 1.54) is 13.0 Å². The highest BCUT2D eigenvalue weighted by Gasteiger charge is 2.25. The van der Waals surface area contributed by atoms with Crippen LogP contribution in [0.15, 0.2) is 24.3 Å². The largest absolute Gasteiger partial charge is 0.450 e. The fourth-order valence-corrected chi connectivity index (χ4v) is 2.33. The SMILES string of the molecule is CCOC(=O)Nc1cccc(C(=O)OC(C)C(=O)N2CCOCC2)c1. The van der Waals surface area contributed by atoms with Crippen LogP contribution < -0.4 is 5.32 Å². The van der Waals surface area contributed by atoms with Gasteiger partial charge in [0.15, 0.2) is 6.10 Å². The lowest BCUT2D eigenvalue weighted by atomic mass is 10.2. The van der Waals surface area contributed by atoms with E-state index in [4.69, 9.17) is 14.2 Å². The number of morpholine rings is 1. The van der Waals surface area contributed by atoms with Crippen molar-refractivity contribution in [1.82, 2.24) is 4.90 Å². The predicted octanol–water partition coefficient (Wildman–Crippen LogP) is 1.66. The lowest BCUT2D eigenvalue weighted by molar-refractivity contribution is -0.143. The quantitative estimate of drug-likeness (QED) is 0.812. The van der Waals surface area contributed by atoms with Gasteiger partial charge in [0.25, 0.3) is 5.91 Å². The van der Waals surface area contributed by atoms with E-state index in [9.17, 15) is 14.4 Å². The van der Waals surface area contributed by atoms with Crippen molar-refractivity contribution in [3.63, 3.8) is 0 Å². The first-order valence-corrected chi connectivity index (χ1v) is 8.12. The van der Waals surface area contributed by atoms with Gasteiger partial charge < -0.3 is 19.1 Å². The van der Waals surface area contributed by atoms with Crippen molar-refractivity contribution in [3.8, 4) is 0 Å². The average molecular weight is 350 g/mol. The Labute approximate surface area is 146 Å². The summed E-state index contributed by atoms with van der Waals surface area (Å²) >= 11 is 0. The summed E-state index contributed by atoms with van der Waals surface area (Å²) < 4.78 is 15.2. The molecule has 1 aliphatic heterocycles. The highest BCUT2D eigenvalue weighted by Crippen LogP contribution is 2.14. The molecule has 1 aliphatic rings. The number of rotatable bonds is 5. The molecule has 25 heavy (non-hydrogen) atoms. The van der Waals surface area contributed by atoms with Crippen LogP contribution in [0.3, 0.4) is 0 Å². The van der Waals surface area contributed by atoms with Gasteiger partial charge in [-0.25, -0.2) is 9.59 Å². The lowest BCUT2D eigenvalue weighted by Gasteiger charge is -2.28. The summed E-state index contributed by atoms with van der Waals surface area (Å²) in [6.07, 6.45) is -1.50. The Morgan fingerprint density at radius 2 is 2.00 bits per heavy atom. The minimum absolute atomic E-state index is 0.232. The number of amides is 2. The Kier molecular flexibility index (Phi) is 6.76. The molecule has 1 aromatic carbocycles. The van der Waals surface area contributed by atoms with Crippen molar-refractivity contribution in [2.45, 2.75) is 20.0 Å². The maximum Gasteiger partial charge on any atom is 0.411 e. The molecule has 136 valence electrons. The Morgan fingerprint density at radius 1 is 1.28 bits per heavy atom. The van der Waals surface area contributed by atoms with Crippen LogP contribution in [0.25, 0.3) is 0 Å². The minimum Gasteiger partial charge on any atom is -0.450 e. The maximum atomic E-state index is 12.3. The third kappa shape index (κ3) is 5.46. The van der Waals surface area contributed by atoms with E-state index >= 15 is 0 Å². The number of hydrogen-bond donors (Lipinski definition) is 1. The molecule has 2 amide bonds. The molecule has 0 saturated carbocycles. The second-order valence-electron chi connectivity index (χ2n) is 5.41. The van der Waals surface area contributed by atoms with Crippen molar-refractivity contribution in [3.05, 3.63) is 29.8 Å². The average Bonchev–Trinajstić information content (AvgIpc) is 2.62. The van der Waals surface area contributed by atoms with Gasteiger partial charge in [0.05, 0.1) is 25.4 Å². The Hall–Kier alpha value is -2.61. The van der Waals surface area contributed by atoms with Gasteiger partial charge in [-0.3, -0.25) is 10.1 Å². The molecular formula is C17H22N2O6. The van der Waals surface area contributed by atoms with Gasteiger partial charge in [-0.15, -0.1) is 0 Å². The fourth-order valence-electron chi connectivity index (χ4n) is 2.33. The minimum atomic E-state index is -0.896. The molecule has 0 bridgehead atoms. The first kappa shape index (κ1) is 18.7. The van der Waals surface area contributed by atoms with Gasteiger partial charge in [-0.2, -0.15) is 0 Å². The number of carbonyl (C=O) groups excluding carboxylic acids is 3. The number of hydrogen-bond acceptors (Lipinski definition) is 6. The summed E-state index contributed by atoms with van der Waals surface area (Å²) in [6, 6.07) is 6.23. The predicted molar refractivity (Wildman–Crippen MR) is 89.4 cm³/mol. The van der Waals surface area contributed by atoms with Crippen molar-refractivity contribution >= 4 is 23.7 Å². The molecule has 8 nitrogen and oxygen atoms in total. The highest BCUT2D eigenvalue weighted by atomic mass is 16.6. The summed E-state index contributed by atoms with van der Waals surface area (Å²) in [6.45, 7) is 5.41. The third-order valence-electron chi connectivity index (χ3n) is 3.57. The maximum absolute atomic E-state index is 12.3. The molecule has 0 spiro atoms. The number of carbonyl (C=O) groups is 3. The standard InChI is InChI=1S/C17H22N2O6/c1-3-24-17(22)18-14-6-4-5-13(11-14)16(21)25-12(2)15(20)19-7-9-23-10-8-19/h4-6,11-12H,3,7-10H2,1-2H3,(H,18,22). The van der Waals surface area contributed by atoms with E-state index in [1.807, 2.05) is 0 Å². The van der Waals surface area contributed by atoms with E-state index in [-0.39, 0.29) is 18.1 Å². The van der Waals surface area contributed by atoms with Crippen LogP contribution in [-0.4, -0.2) is 61.9 Å². The molecule has 0 aliphatic carbocycles. The van der Waals surface area contributed by atoms with Crippen LogP contribution in [0, 0.1) is 0 Å². The molecule has 1 aromatic rings. The molecule has 1 heterocycles. The van der Waals surface area contributed by atoms with Gasteiger partial charge in [0.1, 0.15) is 0 Å². The third-order valence-corrected chi connectivity index (χ3v) is 3.57. The topological polar surface area (TPSA) is 94.2 Å². The van der Waals surface area contributed by atoms with E-state index in [0.717, 1.165) is 0 Å². The Morgan fingerprint density at radius 3 is 2.68 bits per heavy atom. The first-order valence-electron chi connectivity index (χ1n) is 8.12. The number of nitrogens with one attached hydrogen (secondary N) is 1. The number of anilines is 1. The van der Waals surface area contributed by atoms with Crippen molar-refractivity contribution in [1.29, 1.82) is 0 Å². The zero-order chi connectivity index (χ0) is 18.2. The van der Waals surface area contributed by atoms with E-state index in [1.54, 1.807) is 30.0 Å². The molecule has 1 saturated heterocycles. The molecule has 1 unspecified atom stereocenters. The van der Waals surface area contributed by atoms with E-state index < -0.39 is 18.2 Å². The lowest BCUT2D eigenvalue weighted by Crippen LogP contribution is -2.46. The normalized spacial score (nSPS) is 15.2. The molecule has 1 fully saturated rings. The van der Waals surface area contributed by atoms with Crippen LogP contribution in [0.4, 0.5) is 10.5 Å². The summed E-state index contributed by atoms with van der Waals surface area (Å²) in [5, 5.41) is 2.51. The van der Waals surface area contributed by atoms with Gasteiger partial charge in [-0.1, -0.05) is 6.07 Å². The molecule has 8 heteroatoms. The molecule has 1 atom stereocenters. The number of ether oxygens (including phenoxy) is 3. The molecule has 2 rings (SSSR count). The van der Waals surface area contributed by atoms with Gasteiger partial charge in [0.2, 0.25) is 0 Å². The number of esters is 1. The van der Waals surface area contributed by atoms with Crippen LogP contribution in [-0.2, 0) is 19.0 Å². The summed E-state index contributed by atoms with van der Waals surface area (Å²) in [5.74, 6) is -0.890. The Bertz CT molecular complexity index is 627. The van der Waals surface area contributed by atoms with Crippen LogP contribution in [0.5, 0.6) is 0 Å². The van der Waals surface area contributed by atoms with Gasteiger partial charge >= 0.3 is 12.1 Å². The summed E-state index contributed by atoms with van der Waals surface area (Å²) in [4.78, 5) is 37.6. The smallest absolute Gasteiger partial charge is 0.411 e. The highest BCUT2D eigenvalue weighted by molar-refractivity contribution is 5.94. The first-order chi connectivity index (χ1) is 12.0. The van der Waals surface area contributed by atoms with Crippen LogP contribution >= 0.6 is 0 Å². The fraction of sp³-hybridized carbons (Fsp3) is 0.471. The number of nitrogens with zero attached hydrogens (tertiary/aromatic N) is 1. The van der Waals surface area contributed by atoms with Gasteiger partial charge in [0, 0.05) is 18.8 Å². The number of benzene rings is 1. The second kappa shape index (κ2) is 9.03. The van der Waals surface area contributed by atoms with Crippen molar-refractivity contribution in [2.75, 3.05) is 38.2 Å². The summed E-state index contributed by atoms with van der Waals surface area (Å²) in [7, 11) is 0. The monoisotopic (exact) mass is 350 g/mol. The van der Waals surface area contributed by atoms with E-state index in [2.05, 4.69) is 5.32 Å². The van der Waals surface area contributed by atoms with E-state index in [0.29, 0.717) is 32.0 Å². The van der Waals surface area contributed by atoms with Crippen LogP contribution in [0.1, 0.15) is 24.2 Å². The second-order valence-corrected chi connectivity index (χ2v) is 5.41. The molecule has 1 N–H and O–H groups in total. The van der Waals surface area contributed by atoms with Crippen molar-refractivity contribution < 1.29 is 28.6 Å². The molecule has 0 aromatic heterocycles. The molecule has 0 radical (unpaired) electrons. The molecular weight excluding hydrogens is 328 g/mol. The Balaban J connectivity index is 1.95. The van der Waals surface area contributed by atoms with Crippen molar-refractivity contribution in [2.24, 2.45) is 0 Å². The zero-order valence-corrected chi connectivity index (χ0v) is 14.3. The van der Waals surface area contributed by atoms with Gasteiger partial charge in [-0.05, 0) is 32.0 Å².